The van der Waals surface area contributed by atoms with Gasteiger partial charge < -0.3 is 10.2 Å². The lowest BCUT2D eigenvalue weighted by molar-refractivity contribution is 0.0526. The van der Waals surface area contributed by atoms with Gasteiger partial charge in [0.1, 0.15) is 5.82 Å². The van der Waals surface area contributed by atoms with E-state index in [-0.39, 0.29) is 5.97 Å². The molecule has 1 aliphatic rings. The van der Waals surface area contributed by atoms with Gasteiger partial charge in [0.15, 0.2) is 0 Å². The van der Waals surface area contributed by atoms with Gasteiger partial charge in [-0.05, 0) is 45.7 Å². The molecule has 110 valence electrons. The predicted molar refractivity (Wildman–Crippen MR) is 78.4 cm³/mol. The Morgan fingerprint density at radius 2 is 2.10 bits per heavy atom. The summed E-state index contributed by atoms with van der Waals surface area (Å²) >= 11 is 0. The standard InChI is InChI=1S/C15H23N3O2/c1-4-20-15(19)13-8-9-14(16-10-13)17-18-11(2)6-5-7-12(18)3/h8-12H,4-7H2,1-3H3,(H,16,17). The van der Waals surface area contributed by atoms with E-state index in [0.29, 0.717) is 24.3 Å². The minimum Gasteiger partial charge on any atom is -0.462 e. The Morgan fingerprint density at radius 3 is 2.65 bits per heavy atom. The van der Waals surface area contributed by atoms with Crippen LogP contribution in [0.1, 0.15) is 50.4 Å². The van der Waals surface area contributed by atoms with Crippen LogP contribution in [-0.2, 0) is 4.74 Å². The summed E-state index contributed by atoms with van der Waals surface area (Å²) in [4.78, 5) is 15.8. The Morgan fingerprint density at radius 1 is 1.40 bits per heavy atom. The molecule has 0 radical (unpaired) electrons. The Labute approximate surface area is 120 Å². The van der Waals surface area contributed by atoms with E-state index in [2.05, 4.69) is 29.3 Å². The summed E-state index contributed by atoms with van der Waals surface area (Å²) in [6.45, 7) is 6.60. The van der Waals surface area contributed by atoms with Crippen molar-refractivity contribution in [3.8, 4) is 0 Å². The van der Waals surface area contributed by atoms with E-state index in [0.717, 1.165) is 5.82 Å². The molecule has 5 nitrogen and oxygen atoms in total. The van der Waals surface area contributed by atoms with E-state index >= 15 is 0 Å². The highest BCUT2D eigenvalue weighted by Crippen LogP contribution is 2.22. The molecule has 1 saturated heterocycles. The van der Waals surface area contributed by atoms with Crippen molar-refractivity contribution in [3.05, 3.63) is 23.9 Å². The summed E-state index contributed by atoms with van der Waals surface area (Å²) in [5.74, 6) is 0.435. The third kappa shape index (κ3) is 3.48. The van der Waals surface area contributed by atoms with Crippen molar-refractivity contribution in [1.29, 1.82) is 0 Å². The molecule has 0 amide bonds. The molecule has 0 spiro atoms. The molecule has 2 rings (SSSR count). The highest BCUT2D eigenvalue weighted by molar-refractivity contribution is 5.89. The van der Waals surface area contributed by atoms with Crippen molar-refractivity contribution >= 4 is 11.8 Å². The van der Waals surface area contributed by atoms with Crippen LogP contribution in [0, 0.1) is 0 Å². The minimum atomic E-state index is -0.328. The highest BCUT2D eigenvalue weighted by atomic mass is 16.5. The van der Waals surface area contributed by atoms with Crippen LogP contribution >= 0.6 is 0 Å². The molecule has 1 N–H and O–H groups in total. The lowest BCUT2D eigenvalue weighted by Gasteiger charge is -2.39. The molecule has 0 saturated carbocycles. The van der Waals surface area contributed by atoms with Gasteiger partial charge in [0.2, 0.25) is 0 Å². The molecular weight excluding hydrogens is 254 g/mol. The maximum absolute atomic E-state index is 11.6. The van der Waals surface area contributed by atoms with Crippen molar-refractivity contribution in [2.75, 3.05) is 12.0 Å². The topological polar surface area (TPSA) is 54.5 Å². The lowest BCUT2D eigenvalue weighted by Crippen LogP contribution is -2.47. The van der Waals surface area contributed by atoms with Crippen LogP contribution in [0.5, 0.6) is 0 Å². The number of hydrogen-bond acceptors (Lipinski definition) is 5. The third-order valence-corrected chi connectivity index (χ3v) is 3.71. The normalized spacial score (nSPS) is 23.4. The number of hydrazine groups is 1. The van der Waals surface area contributed by atoms with Gasteiger partial charge in [-0.15, -0.1) is 0 Å². The van der Waals surface area contributed by atoms with E-state index in [4.69, 9.17) is 4.74 Å². The quantitative estimate of drug-likeness (QED) is 0.858. The summed E-state index contributed by atoms with van der Waals surface area (Å²) in [6.07, 6.45) is 5.21. The average molecular weight is 277 g/mol. The fourth-order valence-electron chi connectivity index (χ4n) is 2.57. The number of nitrogens with one attached hydrogen (secondary N) is 1. The molecule has 1 fully saturated rings. The zero-order chi connectivity index (χ0) is 14.5. The van der Waals surface area contributed by atoms with Crippen molar-refractivity contribution < 1.29 is 9.53 Å². The maximum atomic E-state index is 11.6. The van der Waals surface area contributed by atoms with Gasteiger partial charge in [-0.25, -0.2) is 14.8 Å². The molecule has 0 aliphatic carbocycles. The predicted octanol–water partition coefficient (Wildman–Crippen LogP) is 2.85. The van der Waals surface area contributed by atoms with E-state index in [9.17, 15) is 4.79 Å². The van der Waals surface area contributed by atoms with Crippen molar-refractivity contribution in [1.82, 2.24) is 9.99 Å². The van der Waals surface area contributed by atoms with Crippen LogP contribution < -0.4 is 5.43 Å². The molecule has 2 heterocycles. The molecule has 2 unspecified atom stereocenters. The fraction of sp³-hybridized carbons (Fsp3) is 0.600. The summed E-state index contributed by atoms with van der Waals surface area (Å²) in [7, 11) is 0. The summed E-state index contributed by atoms with van der Waals surface area (Å²) in [6, 6.07) is 4.54. The Bertz CT molecular complexity index is 437. The Kier molecular flexibility index (Phi) is 4.95. The zero-order valence-electron chi connectivity index (χ0n) is 12.4. The lowest BCUT2D eigenvalue weighted by atomic mass is 10.00. The van der Waals surface area contributed by atoms with E-state index in [1.807, 2.05) is 6.07 Å². The monoisotopic (exact) mass is 277 g/mol. The van der Waals surface area contributed by atoms with Gasteiger partial charge in [-0.2, -0.15) is 0 Å². The number of carbonyl (C=O) groups excluding carboxylic acids is 1. The van der Waals surface area contributed by atoms with Crippen LogP contribution in [0.15, 0.2) is 18.3 Å². The van der Waals surface area contributed by atoms with Gasteiger partial charge in [-0.3, -0.25) is 0 Å². The second kappa shape index (κ2) is 6.70. The third-order valence-electron chi connectivity index (χ3n) is 3.71. The van der Waals surface area contributed by atoms with Crippen LogP contribution in [0.3, 0.4) is 0 Å². The van der Waals surface area contributed by atoms with Gasteiger partial charge in [0.25, 0.3) is 0 Å². The number of hydrogen-bond donors (Lipinski definition) is 1. The van der Waals surface area contributed by atoms with Gasteiger partial charge in [0.05, 0.1) is 12.2 Å². The first-order chi connectivity index (χ1) is 9.61. The number of ether oxygens (including phenoxy) is 1. The van der Waals surface area contributed by atoms with E-state index in [1.165, 1.54) is 19.3 Å². The number of aromatic nitrogens is 1. The zero-order valence-corrected chi connectivity index (χ0v) is 12.4. The highest BCUT2D eigenvalue weighted by Gasteiger charge is 2.24. The number of nitrogens with zero attached hydrogens (tertiary/aromatic N) is 2. The first-order valence-corrected chi connectivity index (χ1v) is 7.30. The largest absolute Gasteiger partial charge is 0.462 e. The van der Waals surface area contributed by atoms with Crippen LogP contribution in [0.25, 0.3) is 0 Å². The number of rotatable bonds is 4. The summed E-state index contributed by atoms with van der Waals surface area (Å²) < 4.78 is 4.94. The summed E-state index contributed by atoms with van der Waals surface area (Å²) in [5.41, 5.74) is 3.83. The first kappa shape index (κ1) is 14.8. The number of anilines is 1. The molecule has 1 aliphatic heterocycles. The molecule has 2 atom stereocenters. The van der Waals surface area contributed by atoms with Crippen molar-refractivity contribution in [2.24, 2.45) is 0 Å². The molecule has 20 heavy (non-hydrogen) atoms. The number of piperidine rings is 1. The average Bonchev–Trinajstić information content (AvgIpc) is 2.44. The molecule has 0 bridgehead atoms. The minimum absolute atomic E-state index is 0.328. The molecule has 0 aromatic carbocycles. The van der Waals surface area contributed by atoms with Gasteiger partial charge >= 0.3 is 5.97 Å². The SMILES string of the molecule is CCOC(=O)c1ccc(NN2C(C)CCCC2C)nc1. The number of pyridine rings is 1. The van der Waals surface area contributed by atoms with Crippen molar-refractivity contribution in [3.63, 3.8) is 0 Å². The van der Waals surface area contributed by atoms with Crippen LogP contribution in [0.2, 0.25) is 0 Å². The second-order valence-electron chi connectivity index (χ2n) is 5.30. The fourth-order valence-corrected chi connectivity index (χ4v) is 2.57. The van der Waals surface area contributed by atoms with Crippen LogP contribution in [0.4, 0.5) is 5.82 Å². The first-order valence-electron chi connectivity index (χ1n) is 7.30. The van der Waals surface area contributed by atoms with Gasteiger partial charge in [0, 0.05) is 18.3 Å². The summed E-state index contributed by atoms with van der Waals surface area (Å²) in [5, 5.41) is 2.25. The maximum Gasteiger partial charge on any atom is 0.339 e. The van der Waals surface area contributed by atoms with Gasteiger partial charge in [-0.1, -0.05) is 6.42 Å². The Balaban J connectivity index is 2.01. The smallest absolute Gasteiger partial charge is 0.339 e. The molecule has 1 aromatic heterocycles. The van der Waals surface area contributed by atoms with Crippen molar-refractivity contribution in [2.45, 2.75) is 52.1 Å². The molecular formula is C15H23N3O2. The molecule has 5 heteroatoms. The van der Waals surface area contributed by atoms with E-state index < -0.39 is 0 Å². The Hall–Kier alpha value is -1.62. The number of carbonyl (C=O) groups is 1. The van der Waals surface area contributed by atoms with E-state index in [1.54, 1.807) is 19.2 Å². The number of esters is 1. The van der Waals surface area contributed by atoms with Crippen LogP contribution in [-0.4, -0.2) is 34.7 Å². The molecule has 1 aromatic rings. The second-order valence-corrected chi connectivity index (χ2v) is 5.30.